The third kappa shape index (κ3) is 3.26. The molecule has 0 aliphatic heterocycles. The van der Waals surface area contributed by atoms with Crippen molar-refractivity contribution < 1.29 is 14.3 Å². The van der Waals surface area contributed by atoms with Gasteiger partial charge < -0.3 is 10.1 Å². The number of carbonyl (C=O) groups excluding carboxylic acids is 2. The molecule has 0 radical (unpaired) electrons. The number of alkyl halides is 1. The predicted octanol–water partition coefficient (Wildman–Crippen LogP) is 3.04. The van der Waals surface area contributed by atoms with Crippen LogP contribution in [0, 0.1) is 0 Å². The van der Waals surface area contributed by atoms with Crippen LogP contribution in [0.1, 0.15) is 24.2 Å². The summed E-state index contributed by atoms with van der Waals surface area (Å²) in [6.07, 6.45) is 0. The molecular formula is C13H13ClN2O3S. The summed E-state index contributed by atoms with van der Waals surface area (Å²) in [6.45, 7) is 3.67. The summed E-state index contributed by atoms with van der Waals surface area (Å²) in [4.78, 5) is 27.4. The molecule has 0 aliphatic carbocycles. The predicted molar refractivity (Wildman–Crippen MR) is 79.5 cm³/mol. The first-order valence-corrected chi connectivity index (χ1v) is 7.29. The molecule has 1 aromatic carbocycles. The fourth-order valence-electron chi connectivity index (χ4n) is 1.52. The number of amides is 1. The van der Waals surface area contributed by atoms with Crippen LogP contribution >= 0.6 is 22.9 Å². The van der Waals surface area contributed by atoms with Crippen molar-refractivity contribution in [3.63, 3.8) is 0 Å². The Bertz CT molecular complexity index is 654. The minimum Gasteiger partial charge on any atom is -0.462 e. The van der Waals surface area contributed by atoms with Crippen LogP contribution in [0.15, 0.2) is 18.2 Å². The van der Waals surface area contributed by atoms with E-state index in [1.165, 1.54) is 11.3 Å². The van der Waals surface area contributed by atoms with Gasteiger partial charge in [-0.25, -0.2) is 9.78 Å². The summed E-state index contributed by atoms with van der Waals surface area (Å²) in [5.74, 6) is -0.681. The molecule has 2 aromatic rings. The maximum Gasteiger partial charge on any atom is 0.338 e. The van der Waals surface area contributed by atoms with E-state index in [0.717, 1.165) is 4.70 Å². The van der Waals surface area contributed by atoms with Crippen LogP contribution in [0.2, 0.25) is 0 Å². The first-order chi connectivity index (χ1) is 9.51. The van der Waals surface area contributed by atoms with Crippen LogP contribution < -0.4 is 5.32 Å². The number of halogens is 1. The highest BCUT2D eigenvalue weighted by Gasteiger charge is 2.14. The summed E-state index contributed by atoms with van der Waals surface area (Å²) in [6, 6.07) is 5.07. The smallest absolute Gasteiger partial charge is 0.338 e. The number of fused-ring (bicyclic) bond motifs is 1. The molecule has 1 atom stereocenters. The van der Waals surface area contributed by atoms with E-state index in [2.05, 4.69) is 10.3 Å². The molecule has 106 valence electrons. The molecule has 0 unspecified atom stereocenters. The third-order valence-electron chi connectivity index (χ3n) is 2.49. The molecular weight excluding hydrogens is 300 g/mol. The Morgan fingerprint density at radius 2 is 2.25 bits per heavy atom. The van der Waals surface area contributed by atoms with Crippen molar-refractivity contribution in [2.45, 2.75) is 19.2 Å². The van der Waals surface area contributed by atoms with Crippen LogP contribution in [0.25, 0.3) is 10.2 Å². The first kappa shape index (κ1) is 14.7. The summed E-state index contributed by atoms with van der Waals surface area (Å²) in [5, 5.41) is 2.45. The number of hydrogen-bond donors (Lipinski definition) is 1. The number of carbonyl (C=O) groups is 2. The van der Waals surface area contributed by atoms with Crippen LogP contribution in [0.5, 0.6) is 0 Å². The number of hydrogen-bond acceptors (Lipinski definition) is 5. The number of aromatic nitrogens is 1. The average molecular weight is 313 g/mol. The Labute approximate surface area is 124 Å². The van der Waals surface area contributed by atoms with Gasteiger partial charge in [0.1, 0.15) is 5.38 Å². The molecule has 1 N–H and O–H groups in total. The van der Waals surface area contributed by atoms with Gasteiger partial charge in [-0.15, -0.1) is 11.6 Å². The Hall–Kier alpha value is -1.66. The van der Waals surface area contributed by atoms with E-state index in [4.69, 9.17) is 16.3 Å². The summed E-state index contributed by atoms with van der Waals surface area (Å²) < 4.78 is 5.74. The molecule has 0 bridgehead atoms. The van der Waals surface area contributed by atoms with E-state index >= 15 is 0 Å². The Kier molecular flexibility index (Phi) is 4.57. The van der Waals surface area contributed by atoms with Crippen molar-refractivity contribution in [2.75, 3.05) is 11.9 Å². The number of ether oxygens (including phenoxy) is 1. The van der Waals surface area contributed by atoms with Crippen molar-refractivity contribution in [1.82, 2.24) is 4.98 Å². The van der Waals surface area contributed by atoms with Crippen molar-refractivity contribution in [3.05, 3.63) is 23.8 Å². The van der Waals surface area contributed by atoms with Gasteiger partial charge in [-0.2, -0.15) is 0 Å². The molecule has 0 saturated heterocycles. The van der Waals surface area contributed by atoms with E-state index < -0.39 is 5.38 Å². The summed E-state index contributed by atoms with van der Waals surface area (Å²) in [5.41, 5.74) is 1.17. The van der Waals surface area contributed by atoms with Crippen molar-refractivity contribution in [3.8, 4) is 0 Å². The largest absolute Gasteiger partial charge is 0.462 e. The maximum atomic E-state index is 11.6. The highest BCUT2D eigenvalue weighted by Crippen LogP contribution is 2.27. The number of anilines is 1. The van der Waals surface area contributed by atoms with Gasteiger partial charge in [-0.3, -0.25) is 4.79 Å². The summed E-state index contributed by atoms with van der Waals surface area (Å²) in [7, 11) is 0. The maximum absolute atomic E-state index is 11.6. The van der Waals surface area contributed by atoms with Crippen molar-refractivity contribution in [2.24, 2.45) is 0 Å². The SMILES string of the molecule is CCOC(=O)c1ccc2nc(NC(=O)[C@H](C)Cl)sc2c1. The second-order valence-corrected chi connectivity index (χ2v) is 5.71. The number of nitrogens with zero attached hydrogens (tertiary/aromatic N) is 1. The highest BCUT2D eigenvalue weighted by molar-refractivity contribution is 7.22. The lowest BCUT2D eigenvalue weighted by atomic mass is 10.2. The van der Waals surface area contributed by atoms with Crippen LogP contribution in [0.3, 0.4) is 0 Å². The number of rotatable bonds is 4. The second kappa shape index (κ2) is 6.19. The zero-order valence-corrected chi connectivity index (χ0v) is 12.5. The van der Waals surface area contributed by atoms with Gasteiger partial charge in [-0.05, 0) is 32.0 Å². The first-order valence-electron chi connectivity index (χ1n) is 6.04. The Morgan fingerprint density at radius 1 is 1.50 bits per heavy atom. The number of thiazole rings is 1. The lowest BCUT2D eigenvalue weighted by molar-refractivity contribution is -0.115. The van der Waals surface area contributed by atoms with Gasteiger partial charge in [0.05, 0.1) is 22.4 Å². The molecule has 7 heteroatoms. The molecule has 20 heavy (non-hydrogen) atoms. The summed E-state index contributed by atoms with van der Waals surface area (Å²) >= 11 is 6.97. The average Bonchev–Trinajstić information content (AvgIpc) is 2.79. The molecule has 0 spiro atoms. The van der Waals surface area contributed by atoms with E-state index in [0.29, 0.717) is 22.8 Å². The number of benzene rings is 1. The lowest BCUT2D eigenvalue weighted by Crippen LogP contribution is -2.19. The Morgan fingerprint density at radius 3 is 2.90 bits per heavy atom. The normalized spacial score (nSPS) is 12.2. The van der Waals surface area contributed by atoms with Gasteiger partial charge in [0, 0.05) is 0 Å². The van der Waals surface area contributed by atoms with E-state index in [-0.39, 0.29) is 11.9 Å². The van der Waals surface area contributed by atoms with E-state index in [1.54, 1.807) is 32.0 Å². The standard InChI is InChI=1S/C13H13ClN2O3S/c1-3-19-12(18)8-4-5-9-10(6-8)20-13(15-9)16-11(17)7(2)14/h4-7H,3H2,1-2H3,(H,15,16,17)/t7-/m0/s1. The minimum atomic E-state index is -0.628. The third-order valence-corrected chi connectivity index (χ3v) is 3.62. The molecule has 0 fully saturated rings. The molecule has 2 rings (SSSR count). The molecule has 0 aliphatic rings. The molecule has 0 saturated carbocycles. The van der Waals surface area contributed by atoms with Crippen LogP contribution in [0.4, 0.5) is 5.13 Å². The van der Waals surface area contributed by atoms with E-state index in [9.17, 15) is 9.59 Å². The van der Waals surface area contributed by atoms with E-state index in [1.807, 2.05) is 0 Å². The monoisotopic (exact) mass is 312 g/mol. The molecule has 5 nitrogen and oxygen atoms in total. The van der Waals surface area contributed by atoms with Crippen LogP contribution in [-0.2, 0) is 9.53 Å². The molecule has 1 amide bonds. The highest BCUT2D eigenvalue weighted by atomic mass is 35.5. The topological polar surface area (TPSA) is 68.3 Å². The Balaban J connectivity index is 2.26. The van der Waals surface area contributed by atoms with Gasteiger partial charge >= 0.3 is 5.97 Å². The van der Waals surface area contributed by atoms with Gasteiger partial charge in [0.25, 0.3) is 0 Å². The fraction of sp³-hybridized carbons (Fsp3) is 0.308. The zero-order chi connectivity index (χ0) is 14.7. The minimum absolute atomic E-state index is 0.309. The van der Waals surface area contributed by atoms with Gasteiger partial charge in [-0.1, -0.05) is 11.3 Å². The lowest BCUT2D eigenvalue weighted by Gasteiger charge is -2.01. The fourth-order valence-corrected chi connectivity index (χ4v) is 2.49. The van der Waals surface area contributed by atoms with Gasteiger partial charge in [0.15, 0.2) is 5.13 Å². The van der Waals surface area contributed by atoms with Crippen molar-refractivity contribution in [1.29, 1.82) is 0 Å². The van der Waals surface area contributed by atoms with Gasteiger partial charge in [0.2, 0.25) is 5.91 Å². The number of nitrogens with one attached hydrogen (secondary N) is 1. The molecule has 1 heterocycles. The quantitative estimate of drug-likeness (QED) is 0.696. The van der Waals surface area contributed by atoms with Crippen molar-refractivity contribution >= 4 is 50.2 Å². The molecule has 1 aromatic heterocycles. The van der Waals surface area contributed by atoms with Crippen LogP contribution in [-0.4, -0.2) is 28.8 Å². The zero-order valence-electron chi connectivity index (χ0n) is 11.0. The second-order valence-electron chi connectivity index (χ2n) is 4.03. The number of esters is 1.